The molecule has 0 radical (unpaired) electrons. The van der Waals surface area contributed by atoms with Crippen LogP contribution in [-0.2, 0) is 11.0 Å². The predicted molar refractivity (Wildman–Crippen MR) is 51.6 cm³/mol. The van der Waals surface area contributed by atoms with E-state index in [4.69, 9.17) is 10.2 Å². The lowest BCUT2D eigenvalue weighted by atomic mass is 10.2. The first-order valence-corrected chi connectivity index (χ1v) is 4.52. The Balaban J connectivity index is 2.79. The van der Waals surface area contributed by atoms with E-state index in [0.717, 1.165) is 6.20 Å². The van der Waals surface area contributed by atoms with Crippen molar-refractivity contribution in [1.29, 1.82) is 0 Å². The summed E-state index contributed by atoms with van der Waals surface area (Å²) in [5.41, 5.74) is -1.27. The summed E-state index contributed by atoms with van der Waals surface area (Å²) in [7, 11) is 0. The van der Waals surface area contributed by atoms with Crippen molar-refractivity contribution in [2.24, 2.45) is 0 Å². The number of carboxylic acid groups (broad SMARTS) is 1. The quantitative estimate of drug-likeness (QED) is 0.757. The molecule has 0 unspecified atom stereocenters. The Morgan fingerprint density at radius 1 is 1.47 bits per heavy atom. The zero-order valence-corrected chi connectivity index (χ0v) is 8.45. The van der Waals surface area contributed by atoms with E-state index in [1.165, 1.54) is 0 Å². The van der Waals surface area contributed by atoms with E-state index in [1.807, 2.05) is 0 Å². The second-order valence-electron chi connectivity index (χ2n) is 3.16. The van der Waals surface area contributed by atoms with Crippen LogP contribution in [0.25, 0.3) is 0 Å². The molecule has 0 aliphatic rings. The number of aromatic hydroxyl groups is 1. The minimum absolute atomic E-state index is 0.00336. The van der Waals surface area contributed by atoms with E-state index < -0.39 is 23.6 Å². The van der Waals surface area contributed by atoms with E-state index in [-0.39, 0.29) is 18.7 Å². The minimum atomic E-state index is -4.71. The number of carbonyl (C=O) groups is 1. The van der Waals surface area contributed by atoms with E-state index in [1.54, 1.807) is 0 Å². The number of hydrogen-bond acceptors (Lipinski definition) is 4. The van der Waals surface area contributed by atoms with Gasteiger partial charge in [-0.25, -0.2) is 4.98 Å². The maximum Gasteiger partial charge on any atom is 0.421 e. The van der Waals surface area contributed by atoms with Crippen LogP contribution in [0, 0.1) is 0 Å². The topological polar surface area (TPSA) is 82.5 Å². The van der Waals surface area contributed by atoms with Crippen LogP contribution < -0.4 is 5.32 Å². The summed E-state index contributed by atoms with van der Waals surface area (Å²) in [5.74, 6) is -2.18. The van der Waals surface area contributed by atoms with E-state index in [9.17, 15) is 18.0 Å². The summed E-state index contributed by atoms with van der Waals surface area (Å²) in [6.07, 6.45) is -3.95. The molecule has 0 aliphatic heterocycles. The molecule has 0 saturated heterocycles. The average molecular weight is 250 g/mol. The van der Waals surface area contributed by atoms with Gasteiger partial charge in [-0.15, -0.1) is 0 Å². The van der Waals surface area contributed by atoms with Crippen LogP contribution in [-0.4, -0.2) is 27.7 Å². The van der Waals surface area contributed by atoms with E-state index in [2.05, 4.69) is 10.3 Å². The fourth-order valence-electron chi connectivity index (χ4n) is 1.08. The van der Waals surface area contributed by atoms with Gasteiger partial charge in [-0.3, -0.25) is 4.79 Å². The molecule has 0 amide bonds. The normalized spacial score (nSPS) is 11.2. The molecule has 1 aromatic heterocycles. The third-order valence-corrected chi connectivity index (χ3v) is 1.84. The van der Waals surface area contributed by atoms with Gasteiger partial charge >= 0.3 is 12.1 Å². The number of aliphatic carboxylic acids is 1. The van der Waals surface area contributed by atoms with Crippen LogP contribution in [0.4, 0.5) is 18.9 Å². The van der Waals surface area contributed by atoms with Crippen molar-refractivity contribution < 1.29 is 28.2 Å². The summed E-state index contributed by atoms with van der Waals surface area (Å²) in [6.45, 7) is -0.0287. The van der Waals surface area contributed by atoms with Gasteiger partial charge in [0.05, 0.1) is 18.3 Å². The number of hydrogen-bond donors (Lipinski definition) is 3. The maximum atomic E-state index is 12.4. The van der Waals surface area contributed by atoms with Gasteiger partial charge in [-0.05, 0) is 6.07 Å². The third-order valence-electron chi connectivity index (χ3n) is 1.84. The second kappa shape index (κ2) is 4.89. The number of nitrogens with one attached hydrogen (secondary N) is 1. The molecule has 1 heterocycles. The Morgan fingerprint density at radius 2 is 2.12 bits per heavy atom. The van der Waals surface area contributed by atoms with Gasteiger partial charge in [0.15, 0.2) is 0 Å². The summed E-state index contributed by atoms with van der Waals surface area (Å²) >= 11 is 0. The zero-order chi connectivity index (χ0) is 13.1. The number of aromatic nitrogens is 1. The molecule has 0 bridgehead atoms. The maximum absolute atomic E-state index is 12.4. The standard InChI is InChI=1S/C9H9F3N2O3/c10-9(11,12)6-3-5(4-14-8(6)17)13-2-1-7(15)16/h3-4,13H,1-2H2,(H,14,17)(H,15,16). The molecular weight excluding hydrogens is 241 g/mol. The highest BCUT2D eigenvalue weighted by Crippen LogP contribution is 2.35. The number of anilines is 1. The van der Waals surface area contributed by atoms with Gasteiger partial charge in [0.25, 0.3) is 0 Å². The first-order chi connectivity index (χ1) is 7.80. The van der Waals surface area contributed by atoms with Gasteiger partial charge in [-0.1, -0.05) is 0 Å². The summed E-state index contributed by atoms with van der Waals surface area (Å²) < 4.78 is 37.1. The fraction of sp³-hybridized carbons (Fsp3) is 0.333. The number of pyridine rings is 1. The summed E-state index contributed by atoms with van der Waals surface area (Å²) in [4.78, 5) is 13.4. The molecule has 0 saturated carbocycles. The average Bonchev–Trinajstić information content (AvgIpc) is 2.18. The number of alkyl halides is 3. The molecule has 0 spiro atoms. The lowest BCUT2D eigenvalue weighted by Gasteiger charge is -2.10. The van der Waals surface area contributed by atoms with Gasteiger partial charge in [-0.2, -0.15) is 13.2 Å². The number of halogens is 3. The molecule has 1 aromatic rings. The van der Waals surface area contributed by atoms with Crippen molar-refractivity contribution in [3.63, 3.8) is 0 Å². The second-order valence-corrected chi connectivity index (χ2v) is 3.16. The highest BCUT2D eigenvalue weighted by atomic mass is 19.4. The molecule has 5 nitrogen and oxygen atoms in total. The van der Waals surface area contributed by atoms with Crippen molar-refractivity contribution in [3.8, 4) is 5.88 Å². The fourth-order valence-corrected chi connectivity index (χ4v) is 1.08. The summed E-state index contributed by atoms with van der Waals surface area (Å²) in [5, 5.41) is 19.7. The Hall–Kier alpha value is -1.99. The van der Waals surface area contributed by atoms with E-state index in [0.29, 0.717) is 6.07 Å². The van der Waals surface area contributed by atoms with Crippen LogP contribution in [0.15, 0.2) is 12.3 Å². The highest BCUT2D eigenvalue weighted by molar-refractivity contribution is 5.67. The molecule has 94 valence electrons. The van der Waals surface area contributed by atoms with Crippen molar-refractivity contribution in [3.05, 3.63) is 17.8 Å². The van der Waals surface area contributed by atoms with Gasteiger partial charge < -0.3 is 15.5 Å². The Kier molecular flexibility index (Phi) is 3.77. The molecule has 3 N–H and O–H groups in total. The molecule has 0 atom stereocenters. The highest BCUT2D eigenvalue weighted by Gasteiger charge is 2.35. The van der Waals surface area contributed by atoms with Gasteiger partial charge in [0.1, 0.15) is 5.56 Å². The number of rotatable bonds is 4. The molecule has 8 heteroatoms. The Morgan fingerprint density at radius 3 is 2.65 bits per heavy atom. The van der Waals surface area contributed by atoms with Crippen LogP contribution in [0.5, 0.6) is 5.88 Å². The van der Waals surface area contributed by atoms with Crippen LogP contribution >= 0.6 is 0 Å². The molecule has 0 aromatic carbocycles. The minimum Gasteiger partial charge on any atom is -0.493 e. The van der Waals surface area contributed by atoms with Crippen molar-refractivity contribution in [2.75, 3.05) is 11.9 Å². The van der Waals surface area contributed by atoms with Crippen LogP contribution in [0.1, 0.15) is 12.0 Å². The van der Waals surface area contributed by atoms with Gasteiger partial charge in [0.2, 0.25) is 5.88 Å². The smallest absolute Gasteiger partial charge is 0.421 e. The van der Waals surface area contributed by atoms with Crippen LogP contribution in [0.2, 0.25) is 0 Å². The zero-order valence-electron chi connectivity index (χ0n) is 8.45. The van der Waals surface area contributed by atoms with Crippen LogP contribution in [0.3, 0.4) is 0 Å². The Labute approximate surface area is 93.9 Å². The predicted octanol–water partition coefficient (Wildman–Crippen LogP) is 1.69. The molecular formula is C9H9F3N2O3. The largest absolute Gasteiger partial charge is 0.493 e. The van der Waals surface area contributed by atoms with Crippen molar-refractivity contribution in [2.45, 2.75) is 12.6 Å². The lowest BCUT2D eigenvalue weighted by Crippen LogP contribution is -2.10. The summed E-state index contributed by atoms with van der Waals surface area (Å²) in [6, 6.07) is 0.671. The number of carboxylic acids is 1. The molecule has 0 aliphatic carbocycles. The molecule has 1 rings (SSSR count). The molecule has 17 heavy (non-hydrogen) atoms. The Bertz CT molecular complexity index is 420. The van der Waals surface area contributed by atoms with Crippen molar-refractivity contribution >= 4 is 11.7 Å². The first-order valence-electron chi connectivity index (χ1n) is 4.52. The number of nitrogens with zero attached hydrogens (tertiary/aromatic N) is 1. The lowest BCUT2D eigenvalue weighted by molar-refractivity contribution is -0.139. The van der Waals surface area contributed by atoms with E-state index >= 15 is 0 Å². The third kappa shape index (κ3) is 3.82. The molecule has 0 fully saturated rings. The van der Waals surface area contributed by atoms with Gasteiger partial charge in [0, 0.05) is 6.54 Å². The monoisotopic (exact) mass is 250 g/mol. The first kappa shape index (κ1) is 13.1. The van der Waals surface area contributed by atoms with Crippen molar-refractivity contribution in [1.82, 2.24) is 4.98 Å². The SMILES string of the molecule is O=C(O)CCNc1cnc(O)c(C(F)(F)F)c1.